The van der Waals surface area contributed by atoms with Gasteiger partial charge in [0.15, 0.2) is 11.5 Å². The number of hydrogen-bond donors (Lipinski definition) is 1. The van der Waals surface area contributed by atoms with E-state index in [0.29, 0.717) is 36.0 Å². The Morgan fingerprint density at radius 3 is 2.57 bits per heavy atom. The van der Waals surface area contributed by atoms with E-state index in [4.69, 9.17) is 9.47 Å². The first-order chi connectivity index (χ1) is 13.5. The van der Waals surface area contributed by atoms with Crippen molar-refractivity contribution in [1.82, 2.24) is 4.90 Å². The van der Waals surface area contributed by atoms with Crippen LogP contribution in [0.2, 0.25) is 0 Å². The van der Waals surface area contributed by atoms with Crippen LogP contribution in [0.5, 0.6) is 11.5 Å². The minimum atomic E-state index is -0.439. The van der Waals surface area contributed by atoms with Crippen molar-refractivity contribution in [1.29, 1.82) is 0 Å². The fourth-order valence-electron chi connectivity index (χ4n) is 3.30. The molecule has 4 rings (SSSR count). The Labute approximate surface area is 161 Å². The van der Waals surface area contributed by atoms with Gasteiger partial charge in [-0.1, -0.05) is 0 Å². The maximum absolute atomic E-state index is 12.6. The Kier molecular flexibility index (Phi) is 4.74. The number of anilines is 2. The molecule has 9 nitrogen and oxygen atoms in total. The zero-order valence-corrected chi connectivity index (χ0v) is 15.4. The Hall–Kier alpha value is -3.33. The SMILES string of the molecule is CN1CCN(c2ccc(C(=O)Nc3ccc4c(c3)OCO4)cc2[N+](=O)[O-])CC1. The summed E-state index contributed by atoms with van der Waals surface area (Å²) in [5.74, 6) is 0.742. The molecule has 2 aromatic rings. The summed E-state index contributed by atoms with van der Waals surface area (Å²) in [6, 6.07) is 9.65. The molecule has 1 N–H and O–H groups in total. The van der Waals surface area contributed by atoms with Gasteiger partial charge in [-0.15, -0.1) is 0 Å². The molecule has 1 saturated heterocycles. The highest BCUT2D eigenvalue weighted by molar-refractivity contribution is 6.05. The monoisotopic (exact) mass is 384 g/mol. The molecule has 2 aliphatic heterocycles. The minimum absolute atomic E-state index is 0.0668. The van der Waals surface area contributed by atoms with Gasteiger partial charge in [-0.25, -0.2) is 0 Å². The topological polar surface area (TPSA) is 97.2 Å². The number of nitro groups is 1. The van der Waals surface area contributed by atoms with Crippen LogP contribution in [-0.2, 0) is 0 Å². The number of rotatable bonds is 4. The summed E-state index contributed by atoms with van der Waals surface area (Å²) < 4.78 is 10.5. The number of likely N-dealkylation sites (N-methyl/N-ethyl adjacent to an activating group) is 1. The van der Waals surface area contributed by atoms with Crippen LogP contribution in [0.15, 0.2) is 36.4 Å². The Morgan fingerprint density at radius 2 is 1.82 bits per heavy atom. The van der Waals surface area contributed by atoms with E-state index in [1.807, 2.05) is 11.9 Å². The molecule has 0 atom stereocenters. The second-order valence-electron chi connectivity index (χ2n) is 6.77. The number of carbonyl (C=O) groups excluding carboxylic acids is 1. The lowest BCUT2D eigenvalue weighted by Gasteiger charge is -2.33. The average Bonchev–Trinajstić information content (AvgIpc) is 3.16. The van der Waals surface area contributed by atoms with E-state index in [1.165, 1.54) is 6.07 Å². The van der Waals surface area contributed by atoms with Gasteiger partial charge < -0.3 is 24.6 Å². The molecule has 2 aromatic carbocycles. The Bertz CT molecular complexity index is 925. The largest absolute Gasteiger partial charge is 0.454 e. The summed E-state index contributed by atoms with van der Waals surface area (Å²) >= 11 is 0. The first-order valence-electron chi connectivity index (χ1n) is 8.94. The second kappa shape index (κ2) is 7.35. The van der Waals surface area contributed by atoms with Crippen LogP contribution in [-0.4, -0.2) is 55.8 Å². The second-order valence-corrected chi connectivity index (χ2v) is 6.77. The predicted octanol–water partition coefficient (Wildman–Crippen LogP) is 2.33. The van der Waals surface area contributed by atoms with Crippen molar-refractivity contribution in [3.05, 3.63) is 52.1 Å². The van der Waals surface area contributed by atoms with E-state index in [9.17, 15) is 14.9 Å². The van der Waals surface area contributed by atoms with Crippen molar-refractivity contribution in [2.24, 2.45) is 0 Å². The minimum Gasteiger partial charge on any atom is -0.454 e. The third-order valence-electron chi connectivity index (χ3n) is 4.91. The molecule has 2 heterocycles. The highest BCUT2D eigenvalue weighted by Crippen LogP contribution is 2.35. The van der Waals surface area contributed by atoms with Crippen LogP contribution >= 0.6 is 0 Å². The summed E-state index contributed by atoms with van der Waals surface area (Å²) in [5.41, 5.74) is 1.22. The van der Waals surface area contributed by atoms with Gasteiger partial charge in [0.1, 0.15) is 5.69 Å². The summed E-state index contributed by atoms with van der Waals surface area (Å²) in [5, 5.41) is 14.3. The van der Waals surface area contributed by atoms with Gasteiger partial charge in [0, 0.05) is 49.6 Å². The van der Waals surface area contributed by atoms with Gasteiger partial charge in [0.05, 0.1) is 4.92 Å². The third kappa shape index (κ3) is 3.56. The lowest BCUT2D eigenvalue weighted by molar-refractivity contribution is -0.384. The molecule has 1 fully saturated rings. The van der Waals surface area contributed by atoms with Crippen molar-refractivity contribution in [2.75, 3.05) is 50.2 Å². The predicted molar refractivity (Wildman–Crippen MR) is 103 cm³/mol. The fraction of sp³-hybridized carbons (Fsp3) is 0.316. The van der Waals surface area contributed by atoms with Gasteiger partial charge in [-0.3, -0.25) is 14.9 Å². The number of nitro benzene ring substituents is 1. The van der Waals surface area contributed by atoms with Gasteiger partial charge >= 0.3 is 0 Å². The summed E-state index contributed by atoms with van der Waals surface area (Å²) in [6.45, 7) is 3.24. The van der Waals surface area contributed by atoms with E-state index in [1.54, 1.807) is 30.3 Å². The Morgan fingerprint density at radius 1 is 1.07 bits per heavy atom. The molecule has 9 heteroatoms. The number of nitrogens with one attached hydrogen (secondary N) is 1. The van der Waals surface area contributed by atoms with Crippen LogP contribution in [0.3, 0.4) is 0 Å². The van der Waals surface area contributed by atoms with Crippen molar-refractivity contribution in [3.8, 4) is 11.5 Å². The van der Waals surface area contributed by atoms with Crippen molar-refractivity contribution in [3.63, 3.8) is 0 Å². The van der Waals surface area contributed by atoms with Crippen molar-refractivity contribution >= 4 is 23.0 Å². The quantitative estimate of drug-likeness (QED) is 0.638. The summed E-state index contributed by atoms with van der Waals surface area (Å²) in [4.78, 5) is 27.9. The molecule has 0 aromatic heterocycles. The number of nitrogens with zero attached hydrogens (tertiary/aromatic N) is 3. The molecular formula is C19H20N4O5. The molecule has 0 bridgehead atoms. The first-order valence-corrected chi connectivity index (χ1v) is 8.94. The smallest absolute Gasteiger partial charge is 0.293 e. The first kappa shape index (κ1) is 18.1. The number of benzene rings is 2. The van der Waals surface area contributed by atoms with Crippen LogP contribution in [0.1, 0.15) is 10.4 Å². The van der Waals surface area contributed by atoms with E-state index >= 15 is 0 Å². The van der Waals surface area contributed by atoms with Crippen molar-refractivity contribution in [2.45, 2.75) is 0 Å². The Balaban J connectivity index is 1.55. The molecule has 0 radical (unpaired) electrons. The standard InChI is InChI=1S/C19H20N4O5/c1-21-6-8-22(9-7-21)15-4-2-13(10-16(15)23(25)26)19(24)20-14-3-5-17-18(11-14)28-12-27-17/h2-5,10-11H,6-9,12H2,1H3,(H,20,24). The number of fused-ring (bicyclic) bond motifs is 1. The normalized spacial score (nSPS) is 16.1. The fourth-order valence-corrected chi connectivity index (χ4v) is 3.30. The summed E-state index contributed by atoms with van der Waals surface area (Å²) in [7, 11) is 2.02. The van der Waals surface area contributed by atoms with Gasteiger partial charge in [-0.05, 0) is 31.3 Å². The van der Waals surface area contributed by atoms with E-state index in [-0.39, 0.29) is 18.0 Å². The molecule has 0 saturated carbocycles. The highest BCUT2D eigenvalue weighted by Gasteiger charge is 2.24. The molecule has 2 aliphatic rings. The number of piperazine rings is 1. The van der Waals surface area contributed by atoms with Crippen LogP contribution < -0.4 is 19.7 Å². The maximum atomic E-state index is 12.6. The van der Waals surface area contributed by atoms with Crippen LogP contribution in [0.25, 0.3) is 0 Å². The van der Waals surface area contributed by atoms with Crippen molar-refractivity contribution < 1.29 is 19.2 Å². The molecular weight excluding hydrogens is 364 g/mol. The average molecular weight is 384 g/mol. The lowest BCUT2D eigenvalue weighted by Crippen LogP contribution is -2.44. The molecule has 0 aliphatic carbocycles. The number of carbonyl (C=O) groups is 1. The van der Waals surface area contributed by atoms with Gasteiger partial charge in [0.25, 0.3) is 11.6 Å². The number of ether oxygens (including phenoxy) is 2. The zero-order valence-electron chi connectivity index (χ0n) is 15.4. The molecule has 1 amide bonds. The molecule has 0 spiro atoms. The van der Waals surface area contributed by atoms with E-state index in [0.717, 1.165) is 13.1 Å². The zero-order chi connectivity index (χ0) is 19.7. The van der Waals surface area contributed by atoms with E-state index < -0.39 is 10.8 Å². The number of amides is 1. The number of hydrogen-bond acceptors (Lipinski definition) is 7. The third-order valence-corrected chi connectivity index (χ3v) is 4.91. The van der Waals surface area contributed by atoms with Gasteiger partial charge in [0.2, 0.25) is 6.79 Å². The highest BCUT2D eigenvalue weighted by atomic mass is 16.7. The van der Waals surface area contributed by atoms with Gasteiger partial charge in [-0.2, -0.15) is 0 Å². The molecule has 146 valence electrons. The molecule has 0 unspecified atom stereocenters. The van der Waals surface area contributed by atoms with E-state index in [2.05, 4.69) is 10.2 Å². The summed E-state index contributed by atoms with van der Waals surface area (Å²) in [6.07, 6.45) is 0. The molecule has 28 heavy (non-hydrogen) atoms. The van der Waals surface area contributed by atoms with Crippen LogP contribution in [0, 0.1) is 10.1 Å². The lowest BCUT2D eigenvalue weighted by atomic mass is 10.1. The van der Waals surface area contributed by atoms with Crippen LogP contribution in [0.4, 0.5) is 17.1 Å². The maximum Gasteiger partial charge on any atom is 0.293 e.